The lowest BCUT2D eigenvalue weighted by molar-refractivity contribution is -0.117. The van der Waals surface area contributed by atoms with Crippen molar-refractivity contribution in [3.05, 3.63) is 29.8 Å². The number of hydrogen-bond donors (Lipinski definition) is 1. The molecule has 0 spiro atoms. The third-order valence-corrected chi connectivity index (χ3v) is 3.27. The molecule has 0 aliphatic heterocycles. The van der Waals surface area contributed by atoms with E-state index in [0.29, 0.717) is 18.1 Å². The average molecular weight is 261 g/mol. The zero-order valence-electron chi connectivity index (χ0n) is 11.3. The van der Waals surface area contributed by atoms with Crippen LogP contribution in [0.15, 0.2) is 24.3 Å². The summed E-state index contributed by atoms with van der Waals surface area (Å²) in [6, 6.07) is 6.80. The lowest BCUT2D eigenvalue weighted by Gasteiger charge is -2.06. The van der Waals surface area contributed by atoms with Crippen molar-refractivity contribution in [1.82, 2.24) is 0 Å². The highest BCUT2D eigenvalue weighted by Crippen LogP contribution is 2.38. The monoisotopic (exact) mass is 261 g/mol. The highest BCUT2D eigenvalue weighted by molar-refractivity contribution is 5.95. The normalized spacial score (nSPS) is 20.7. The first kappa shape index (κ1) is 13.6. The Labute approximate surface area is 113 Å². The van der Waals surface area contributed by atoms with Gasteiger partial charge < -0.3 is 10.1 Å². The van der Waals surface area contributed by atoms with Crippen molar-refractivity contribution in [3.63, 3.8) is 0 Å². The summed E-state index contributed by atoms with van der Waals surface area (Å²) in [4.78, 5) is 23.3. The number of benzene rings is 1. The van der Waals surface area contributed by atoms with Gasteiger partial charge in [0, 0.05) is 11.6 Å². The quantitative estimate of drug-likeness (QED) is 0.829. The molecule has 4 nitrogen and oxygen atoms in total. The fourth-order valence-corrected chi connectivity index (χ4v) is 1.89. The third-order valence-electron chi connectivity index (χ3n) is 3.27. The Morgan fingerprint density at radius 3 is 2.47 bits per heavy atom. The predicted molar refractivity (Wildman–Crippen MR) is 72.9 cm³/mol. The number of ether oxygens (including phenoxy) is 1. The lowest BCUT2D eigenvalue weighted by Crippen LogP contribution is -2.14. The highest BCUT2D eigenvalue weighted by atomic mass is 16.5. The second kappa shape index (κ2) is 5.87. The van der Waals surface area contributed by atoms with Crippen LogP contribution in [-0.4, -0.2) is 18.5 Å². The van der Waals surface area contributed by atoms with Gasteiger partial charge >= 0.3 is 5.97 Å². The van der Waals surface area contributed by atoms with Crippen LogP contribution in [0.1, 0.15) is 37.0 Å². The van der Waals surface area contributed by atoms with Crippen LogP contribution in [0.4, 0.5) is 5.69 Å². The number of rotatable bonds is 5. The van der Waals surface area contributed by atoms with Crippen molar-refractivity contribution in [2.75, 3.05) is 11.9 Å². The van der Waals surface area contributed by atoms with Crippen LogP contribution in [0.2, 0.25) is 0 Å². The molecule has 2 unspecified atom stereocenters. The lowest BCUT2D eigenvalue weighted by atomic mass is 10.2. The summed E-state index contributed by atoms with van der Waals surface area (Å²) >= 11 is 0. The van der Waals surface area contributed by atoms with Crippen molar-refractivity contribution in [2.24, 2.45) is 11.8 Å². The van der Waals surface area contributed by atoms with E-state index >= 15 is 0 Å². The molecule has 1 aromatic carbocycles. The molecule has 1 N–H and O–H groups in total. The van der Waals surface area contributed by atoms with Gasteiger partial charge in [-0.05, 0) is 43.0 Å². The molecule has 2 rings (SSSR count). The second-order valence-corrected chi connectivity index (χ2v) is 5.02. The topological polar surface area (TPSA) is 55.4 Å². The largest absolute Gasteiger partial charge is 0.462 e. The maximum absolute atomic E-state index is 11.7. The summed E-state index contributed by atoms with van der Waals surface area (Å²) < 4.78 is 5.03. The van der Waals surface area contributed by atoms with E-state index in [4.69, 9.17) is 4.74 Å². The van der Waals surface area contributed by atoms with Gasteiger partial charge in [0.15, 0.2) is 0 Å². The number of esters is 1. The van der Waals surface area contributed by atoms with E-state index in [1.54, 1.807) is 24.3 Å². The minimum atomic E-state index is -0.324. The van der Waals surface area contributed by atoms with Crippen LogP contribution in [0.5, 0.6) is 0 Å². The summed E-state index contributed by atoms with van der Waals surface area (Å²) in [6.07, 6.45) is 1.77. The standard InChI is InChI=1S/C15H19NO3/c1-3-8-19-15(18)11-4-6-12(7-5-11)16-14(17)13-9-10(13)2/h4-7,10,13H,3,8-9H2,1-2H3,(H,16,17). The van der Waals surface area contributed by atoms with Crippen molar-refractivity contribution in [3.8, 4) is 0 Å². The molecular formula is C15H19NO3. The first-order valence-corrected chi connectivity index (χ1v) is 6.70. The molecular weight excluding hydrogens is 242 g/mol. The first-order chi connectivity index (χ1) is 9.11. The molecule has 0 heterocycles. The van der Waals surface area contributed by atoms with E-state index in [1.807, 2.05) is 6.92 Å². The van der Waals surface area contributed by atoms with E-state index in [-0.39, 0.29) is 17.8 Å². The van der Waals surface area contributed by atoms with Gasteiger partial charge in [0.1, 0.15) is 0 Å². The zero-order chi connectivity index (χ0) is 13.8. The van der Waals surface area contributed by atoms with Crippen molar-refractivity contribution >= 4 is 17.6 Å². The molecule has 0 saturated heterocycles. The van der Waals surface area contributed by atoms with Gasteiger partial charge in [-0.15, -0.1) is 0 Å². The van der Waals surface area contributed by atoms with Crippen LogP contribution in [-0.2, 0) is 9.53 Å². The molecule has 0 radical (unpaired) electrons. The van der Waals surface area contributed by atoms with Crippen molar-refractivity contribution < 1.29 is 14.3 Å². The number of carbonyl (C=O) groups excluding carboxylic acids is 2. The minimum absolute atomic E-state index is 0.0637. The summed E-state index contributed by atoms with van der Waals surface area (Å²) in [6.45, 7) is 4.44. The molecule has 0 bridgehead atoms. The van der Waals surface area contributed by atoms with Crippen LogP contribution in [0, 0.1) is 11.8 Å². The van der Waals surface area contributed by atoms with Crippen LogP contribution in [0.3, 0.4) is 0 Å². The van der Waals surface area contributed by atoms with Gasteiger partial charge in [-0.1, -0.05) is 13.8 Å². The van der Waals surface area contributed by atoms with Gasteiger partial charge in [0.2, 0.25) is 5.91 Å². The number of carbonyl (C=O) groups is 2. The smallest absolute Gasteiger partial charge is 0.338 e. The van der Waals surface area contributed by atoms with Crippen LogP contribution < -0.4 is 5.32 Å². The Hall–Kier alpha value is -1.84. The van der Waals surface area contributed by atoms with E-state index in [0.717, 1.165) is 18.5 Å². The molecule has 1 fully saturated rings. The van der Waals surface area contributed by atoms with E-state index in [1.165, 1.54) is 0 Å². The number of hydrogen-bond acceptors (Lipinski definition) is 3. The van der Waals surface area contributed by atoms with Crippen LogP contribution in [0.25, 0.3) is 0 Å². The van der Waals surface area contributed by atoms with Gasteiger partial charge in [-0.3, -0.25) is 4.79 Å². The van der Waals surface area contributed by atoms with Gasteiger partial charge in [-0.2, -0.15) is 0 Å². The van der Waals surface area contributed by atoms with E-state index < -0.39 is 0 Å². The van der Waals surface area contributed by atoms with Gasteiger partial charge in [0.25, 0.3) is 0 Å². The predicted octanol–water partition coefficient (Wildman–Crippen LogP) is 2.85. The van der Waals surface area contributed by atoms with E-state index in [9.17, 15) is 9.59 Å². The Kier molecular flexibility index (Phi) is 4.20. The maximum atomic E-state index is 11.7. The molecule has 2 atom stereocenters. The van der Waals surface area contributed by atoms with Crippen molar-refractivity contribution in [2.45, 2.75) is 26.7 Å². The Morgan fingerprint density at radius 2 is 1.95 bits per heavy atom. The van der Waals surface area contributed by atoms with Gasteiger partial charge in [0.05, 0.1) is 12.2 Å². The Balaban J connectivity index is 1.90. The fraction of sp³-hybridized carbons (Fsp3) is 0.467. The molecule has 102 valence electrons. The maximum Gasteiger partial charge on any atom is 0.338 e. The molecule has 1 saturated carbocycles. The number of amides is 1. The molecule has 0 aromatic heterocycles. The fourth-order valence-electron chi connectivity index (χ4n) is 1.89. The highest BCUT2D eigenvalue weighted by Gasteiger charge is 2.38. The van der Waals surface area contributed by atoms with Gasteiger partial charge in [-0.25, -0.2) is 4.79 Å². The summed E-state index contributed by atoms with van der Waals surface area (Å²) in [5.74, 6) is 0.377. The molecule has 1 aliphatic carbocycles. The molecule has 1 amide bonds. The average Bonchev–Trinajstić information content (AvgIpc) is 3.14. The molecule has 19 heavy (non-hydrogen) atoms. The summed E-state index contributed by atoms with van der Waals surface area (Å²) in [7, 11) is 0. The SMILES string of the molecule is CCCOC(=O)c1ccc(NC(=O)C2CC2C)cc1. The number of anilines is 1. The molecule has 1 aliphatic rings. The van der Waals surface area contributed by atoms with Crippen molar-refractivity contribution in [1.29, 1.82) is 0 Å². The summed E-state index contributed by atoms with van der Waals surface area (Å²) in [5.41, 5.74) is 1.22. The van der Waals surface area contributed by atoms with E-state index in [2.05, 4.69) is 12.2 Å². The van der Waals surface area contributed by atoms with Crippen LogP contribution >= 0.6 is 0 Å². The summed E-state index contributed by atoms with van der Waals surface area (Å²) in [5, 5.41) is 2.85. The number of nitrogens with one attached hydrogen (secondary N) is 1. The Bertz CT molecular complexity index is 467. The Morgan fingerprint density at radius 1 is 1.32 bits per heavy atom. The first-order valence-electron chi connectivity index (χ1n) is 6.70. The molecule has 4 heteroatoms. The minimum Gasteiger partial charge on any atom is -0.462 e. The zero-order valence-corrected chi connectivity index (χ0v) is 11.3. The molecule has 1 aromatic rings. The second-order valence-electron chi connectivity index (χ2n) is 5.02. The third kappa shape index (κ3) is 3.56.